The summed E-state index contributed by atoms with van der Waals surface area (Å²) in [6.45, 7) is 0. The fourth-order valence-corrected chi connectivity index (χ4v) is 1.54. The van der Waals surface area contributed by atoms with Crippen molar-refractivity contribution < 1.29 is 17.9 Å². The summed E-state index contributed by atoms with van der Waals surface area (Å²) >= 11 is 0. The van der Waals surface area contributed by atoms with Crippen LogP contribution in [-0.2, 0) is 7.05 Å². The van der Waals surface area contributed by atoms with E-state index in [2.05, 4.69) is 9.72 Å². The fourth-order valence-electron chi connectivity index (χ4n) is 1.54. The van der Waals surface area contributed by atoms with Gasteiger partial charge < -0.3 is 9.30 Å². The maximum Gasteiger partial charge on any atom is 0.573 e. The van der Waals surface area contributed by atoms with Crippen LogP contribution >= 0.6 is 0 Å². The molecule has 0 spiro atoms. The second kappa shape index (κ2) is 4.75. The molecule has 0 atom stereocenters. The normalized spacial score (nSPS) is 11.4. The van der Waals surface area contributed by atoms with Crippen molar-refractivity contribution in [2.75, 3.05) is 0 Å². The molecule has 0 aliphatic carbocycles. The average Bonchev–Trinajstić information content (AvgIpc) is 2.32. The highest BCUT2D eigenvalue weighted by molar-refractivity contribution is 5.62. The van der Waals surface area contributed by atoms with Gasteiger partial charge in [0.15, 0.2) is 0 Å². The number of nitrogens with zero attached hydrogens (tertiary/aromatic N) is 2. The molecule has 0 bridgehead atoms. The van der Waals surface area contributed by atoms with Crippen LogP contribution < -0.4 is 10.3 Å². The van der Waals surface area contributed by atoms with Gasteiger partial charge in [-0.1, -0.05) is 12.1 Å². The first-order chi connectivity index (χ1) is 8.87. The SMILES string of the molecule is Cn1cncc(-c2ccc(OC(F)(F)F)cc2)c1=O. The summed E-state index contributed by atoms with van der Waals surface area (Å²) < 4.78 is 41.0. The number of benzene rings is 1. The second-order valence-corrected chi connectivity index (χ2v) is 3.80. The van der Waals surface area contributed by atoms with Crippen LogP contribution in [0.1, 0.15) is 0 Å². The van der Waals surface area contributed by atoms with E-state index in [1.807, 2.05) is 0 Å². The summed E-state index contributed by atoms with van der Waals surface area (Å²) in [5, 5.41) is 0. The van der Waals surface area contributed by atoms with E-state index in [0.717, 1.165) is 12.1 Å². The van der Waals surface area contributed by atoms with E-state index in [1.165, 1.54) is 29.2 Å². The smallest absolute Gasteiger partial charge is 0.406 e. The van der Waals surface area contributed by atoms with Gasteiger partial charge in [-0.25, -0.2) is 4.98 Å². The largest absolute Gasteiger partial charge is 0.573 e. The van der Waals surface area contributed by atoms with Crippen LogP contribution in [0.2, 0.25) is 0 Å². The molecule has 0 N–H and O–H groups in total. The zero-order valence-corrected chi connectivity index (χ0v) is 9.81. The molecule has 1 aromatic heterocycles. The Morgan fingerprint density at radius 2 is 1.84 bits per heavy atom. The predicted octanol–water partition coefficient (Wildman–Crippen LogP) is 2.35. The van der Waals surface area contributed by atoms with Crippen molar-refractivity contribution in [3.63, 3.8) is 0 Å². The molecule has 19 heavy (non-hydrogen) atoms. The van der Waals surface area contributed by atoms with Crippen molar-refractivity contribution in [2.45, 2.75) is 6.36 Å². The van der Waals surface area contributed by atoms with E-state index >= 15 is 0 Å². The van der Waals surface area contributed by atoms with Crippen LogP contribution in [0.15, 0.2) is 41.6 Å². The van der Waals surface area contributed by atoms with E-state index in [-0.39, 0.29) is 11.3 Å². The Labute approximate surface area is 106 Å². The Kier molecular flexibility index (Phi) is 3.28. The summed E-state index contributed by atoms with van der Waals surface area (Å²) in [5.41, 5.74) is 0.506. The predicted molar refractivity (Wildman–Crippen MR) is 61.6 cm³/mol. The number of halogens is 3. The standard InChI is InChI=1S/C12H9F3N2O2/c1-17-7-16-6-10(11(17)18)8-2-4-9(5-3-8)19-12(13,14)15/h2-7H,1H3. The maximum atomic E-state index is 12.0. The lowest BCUT2D eigenvalue weighted by molar-refractivity contribution is -0.274. The number of hydrogen-bond donors (Lipinski definition) is 0. The third-order valence-corrected chi connectivity index (χ3v) is 2.39. The number of aryl methyl sites for hydroxylation is 1. The molecule has 100 valence electrons. The van der Waals surface area contributed by atoms with Crippen LogP contribution in [0.5, 0.6) is 5.75 Å². The highest BCUT2D eigenvalue weighted by Gasteiger charge is 2.30. The number of aromatic nitrogens is 2. The summed E-state index contributed by atoms with van der Waals surface area (Å²) in [6, 6.07) is 5.05. The summed E-state index contributed by atoms with van der Waals surface area (Å²) in [5.74, 6) is -0.336. The van der Waals surface area contributed by atoms with Crippen LogP contribution in [0.25, 0.3) is 11.1 Å². The minimum absolute atomic E-state index is 0.278. The maximum absolute atomic E-state index is 12.0. The Hall–Kier alpha value is -2.31. The Morgan fingerprint density at radius 3 is 2.42 bits per heavy atom. The lowest BCUT2D eigenvalue weighted by Crippen LogP contribution is -2.18. The van der Waals surface area contributed by atoms with Gasteiger partial charge in [0, 0.05) is 13.2 Å². The molecule has 4 nitrogen and oxygen atoms in total. The van der Waals surface area contributed by atoms with Crippen molar-refractivity contribution in [1.29, 1.82) is 0 Å². The number of ether oxygens (including phenoxy) is 1. The molecule has 0 aliphatic rings. The first kappa shape index (κ1) is 13.1. The first-order valence-electron chi connectivity index (χ1n) is 5.23. The lowest BCUT2D eigenvalue weighted by Gasteiger charge is -2.09. The van der Waals surface area contributed by atoms with Crippen molar-refractivity contribution in [2.24, 2.45) is 7.05 Å². The molecule has 0 saturated carbocycles. The van der Waals surface area contributed by atoms with Gasteiger partial charge in [0.25, 0.3) is 5.56 Å². The molecule has 0 radical (unpaired) electrons. The van der Waals surface area contributed by atoms with Crippen LogP contribution in [0.3, 0.4) is 0 Å². The number of alkyl halides is 3. The Bertz CT molecular complexity index is 633. The molecule has 1 heterocycles. The molecule has 2 rings (SSSR count). The zero-order valence-electron chi connectivity index (χ0n) is 9.81. The minimum atomic E-state index is -4.73. The molecular formula is C12H9F3N2O2. The van der Waals surface area contributed by atoms with E-state index in [9.17, 15) is 18.0 Å². The molecule has 0 unspecified atom stereocenters. The fraction of sp³-hybridized carbons (Fsp3) is 0.167. The molecule has 0 aliphatic heterocycles. The van der Waals surface area contributed by atoms with Gasteiger partial charge in [0.1, 0.15) is 5.75 Å². The molecule has 0 fully saturated rings. The summed E-state index contributed by atoms with van der Waals surface area (Å²) in [7, 11) is 1.54. The van der Waals surface area contributed by atoms with Crippen LogP contribution in [0, 0.1) is 0 Å². The van der Waals surface area contributed by atoms with E-state index in [1.54, 1.807) is 7.05 Å². The van der Waals surface area contributed by atoms with Crippen molar-refractivity contribution in [3.05, 3.63) is 47.1 Å². The zero-order chi connectivity index (χ0) is 14.0. The van der Waals surface area contributed by atoms with Gasteiger partial charge in [-0.15, -0.1) is 13.2 Å². The first-order valence-corrected chi connectivity index (χ1v) is 5.23. The van der Waals surface area contributed by atoms with Gasteiger partial charge in [-0.05, 0) is 17.7 Å². The topological polar surface area (TPSA) is 44.1 Å². The van der Waals surface area contributed by atoms with E-state index < -0.39 is 6.36 Å². The van der Waals surface area contributed by atoms with Crippen molar-refractivity contribution >= 4 is 0 Å². The molecule has 1 aromatic carbocycles. The van der Waals surface area contributed by atoms with Crippen molar-refractivity contribution in [3.8, 4) is 16.9 Å². The number of hydrogen-bond acceptors (Lipinski definition) is 3. The molecule has 2 aromatic rings. The van der Waals surface area contributed by atoms with Crippen LogP contribution in [0.4, 0.5) is 13.2 Å². The minimum Gasteiger partial charge on any atom is -0.406 e. The third kappa shape index (κ3) is 3.12. The molecule has 0 amide bonds. The lowest BCUT2D eigenvalue weighted by atomic mass is 10.1. The van der Waals surface area contributed by atoms with Gasteiger partial charge in [-0.3, -0.25) is 4.79 Å². The molecule has 0 saturated heterocycles. The average molecular weight is 270 g/mol. The second-order valence-electron chi connectivity index (χ2n) is 3.80. The van der Waals surface area contributed by atoms with Gasteiger partial charge in [-0.2, -0.15) is 0 Å². The van der Waals surface area contributed by atoms with Gasteiger partial charge >= 0.3 is 6.36 Å². The Morgan fingerprint density at radius 1 is 1.21 bits per heavy atom. The third-order valence-electron chi connectivity index (χ3n) is 2.39. The summed E-state index contributed by atoms with van der Waals surface area (Å²) in [4.78, 5) is 15.6. The summed E-state index contributed by atoms with van der Waals surface area (Å²) in [6.07, 6.45) is -2.01. The molecular weight excluding hydrogens is 261 g/mol. The Balaban J connectivity index is 2.33. The van der Waals surface area contributed by atoms with E-state index in [0.29, 0.717) is 11.1 Å². The monoisotopic (exact) mass is 270 g/mol. The van der Waals surface area contributed by atoms with Gasteiger partial charge in [0.05, 0.1) is 11.9 Å². The van der Waals surface area contributed by atoms with E-state index in [4.69, 9.17) is 0 Å². The quantitative estimate of drug-likeness (QED) is 0.841. The van der Waals surface area contributed by atoms with Crippen LogP contribution in [-0.4, -0.2) is 15.9 Å². The molecule has 7 heteroatoms. The van der Waals surface area contributed by atoms with Gasteiger partial charge in [0.2, 0.25) is 0 Å². The van der Waals surface area contributed by atoms with Crippen molar-refractivity contribution in [1.82, 2.24) is 9.55 Å². The highest BCUT2D eigenvalue weighted by atomic mass is 19.4. The highest BCUT2D eigenvalue weighted by Crippen LogP contribution is 2.24. The number of rotatable bonds is 2.